The Bertz CT molecular complexity index is 731. The first-order valence-corrected chi connectivity index (χ1v) is 7.29. The molecule has 0 saturated carbocycles. The van der Waals surface area contributed by atoms with Gasteiger partial charge in [-0.3, -0.25) is 0 Å². The molecular formula is C13H12F3N3O3S. The summed E-state index contributed by atoms with van der Waals surface area (Å²) in [5, 5.41) is 9.78. The van der Waals surface area contributed by atoms with E-state index >= 15 is 0 Å². The molecule has 124 valence electrons. The molecule has 0 unspecified atom stereocenters. The molecule has 0 radical (unpaired) electrons. The van der Waals surface area contributed by atoms with Gasteiger partial charge in [0.2, 0.25) is 0 Å². The standard InChI is InChI=1S/C13H12F3N3O3S/c1-7-9(3-4-11(17-7)13(14,15)16)12-18-8(2)10(23-12)5-6-22-19(20)21/h3-4H,5-6H2,1-2H3. The summed E-state index contributed by atoms with van der Waals surface area (Å²) in [6.45, 7) is 3.12. The quantitative estimate of drug-likeness (QED) is 0.610. The van der Waals surface area contributed by atoms with Crippen LogP contribution in [0.3, 0.4) is 0 Å². The average Bonchev–Trinajstić information content (AvgIpc) is 2.78. The molecule has 2 aromatic rings. The summed E-state index contributed by atoms with van der Waals surface area (Å²) in [7, 11) is 0. The molecule has 0 atom stereocenters. The molecule has 0 spiro atoms. The lowest BCUT2D eigenvalue weighted by molar-refractivity contribution is -0.757. The van der Waals surface area contributed by atoms with Gasteiger partial charge in [-0.1, -0.05) is 0 Å². The number of halogens is 3. The summed E-state index contributed by atoms with van der Waals surface area (Å²) < 4.78 is 37.9. The predicted molar refractivity (Wildman–Crippen MR) is 76.5 cm³/mol. The Kier molecular flexibility index (Phi) is 4.83. The van der Waals surface area contributed by atoms with Gasteiger partial charge in [-0.25, -0.2) is 9.97 Å². The van der Waals surface area contributed by atoms with Crippen molar-refractivity contribution in [3.05, 3.63) is 44.2 Å². The summed E-state index contributed by atoms with van der Waals surface area (Å²) in [4.78, 5) is 23.0. The van der Waals surface area contributed by atoms with Gasteiger partial charge < -0.3 is 4.84 Å². The Balaban J connectivity index is 2.24. The normalized spacial score (nSPS) is 11.5. The van der Waals surface area contributed by atoms with Crippen molar-refractivity contribution in [1.29, 1.82) is 0 Å². The van der Waals surface area contributed by atoms with Crippen molar-refractivity contribution in [1.82, 2.24) is 9.97 Å². The van der Waals surface area contributed by atoms with E-state index < -0.39 is 17.0 Å². The van der Waals surface area contributed by atoms with E-state index in [2.05, 4.69) is 14.8 Å². The lowest BCUT2D eigenvalue weighted by Crippen LogP contribution is -2.08. The second-order valence-corrected chi connectivity index (χ2v) is 5.75. The topological polar surface area (TPSA) is 78.2 Å². The zero-order valence-electron chi connectivity index (χ0n) is 12.2. The van der Waals surface area contributed by atoms with Crippen LogP contribution in [0.25, 0.3) is 10.6 Å². The van der Waals surface area contributed by atoms with Gasteiger partial charge in [0.25, 0.3) is 5.09 Å². The van der Waals surface area contributed by atoms with Crippen molar-refractivity contribution in [3.63, 3.8) is 0 Å². The second kappa shape index (κ2) is 6.49. The van der Waals surface area contributed by atoms with Gasteiger partial charge in [0, 0.05) is 22.6 Å². The minimum atomic E-state index is -4.49. The number of nitrogens with zero attached hydrogens (tertiary/aromatic N) is 3. The van der Waals surface area contributed by atoms with E-state index in [1.54, 1.807) is 6.92 Å². The molecule has 6 nitrogen and oxygen atoms in total. The van der Waals surface area contributed by atoms with Crippen LogP contribution in [0.5, 0.6) is 0 Å². The van der Waals surface area contributed by atoms with Crippen molar-refractivity contribution in [3.8, 4) is 10.6 Å². The molecule has 0 aliphatic rings. The highest BCUT2D eigenvalue weighted by Crippen LogP contribution is 2.33. The van der Waals surface area contributed by atoms with Gasteiger partial charge >= 0.3 is 6.18 Å². The lowest BCUT2D eigenvalue weighted by Gasteiger charge is -2.08. The average molecular weight is 347 g/mol. The first-order chi connectivity index (χ1) is 10.7. The molecule has 23 heavy (non-hydrogen) atoms. The van der Waals surface area contributed by atoms with E-state index in [1.807, 2.05) is 0 Å². The van der Waals surface area contributed by atoms with Crippen molar-refractivity contribution in [2.45, 2.75) is 26.4 Å². The zero-order chi connectivity index (χ0) is 17.2. The number of hydrogen-bond acceptors (Lipinski definition) is 6. The molecule has 0 aliphatic carbocycles. The SMILES string of the molecule is Cc1nc(C(F)(F)F)ccc1-c1nc(C)c(CCO[N+](=O)[O-])s1. The summed E-state index contributed by atoms with van der Waals surface area (Å²) >= 11 is 1.26. The van der Waals surface area contributed by atoms with Crippen LogP contribution in [0.15, 0.2) is 12.1 Å². The molecule has 2 rings (SSSR count). The van der Waals surface area contributed by atoms with Gasteiger partial charge in [-0.05, 0) is 26.0 Å². The Morgan fingerprint density at radius 3 is 2.52 bits per heavy atom. The fourth-order valence-corrected chi connectivity index (χ4v) is 3.05. The molecule has 0 N–H and O–H groups in total. The Labute approximate surface area is 133 Å². The molecule has 0 bridgehead atoms. The van der Waals surface area contributed by atoms with Crippen LogP contribution in [-0.4, -0.2) is 21.7 Å². The van der Waals surface area contributed by atoms with Crippen molar-refractivity contribution in [2.75, 3.05) is 6.61 Å². The van der Waals surface area contributed by atoms with E-state index in [1.165, 1.54) is 24.3 Å². The molecule has 0 fully saturated rings. The van der Waals surface area contributed by atoms with Crippen LogP contribution >= 0.6 is 11.3 Å². The smallest absolute Gasteiger partial charge is 0.314 e. The van der Waals surface area contributed by atoms with Crippen LogP contribution in [0.1, 0.15) is 22.0 Å². The maximum absolute atomic E-state index is 12.6. The minimum absolute atomic E-state index is 0.0975. The molecule has 0 amide bonds. The summed E-state index contributed by atoms with van der Waals surface area (Å²) in [6.07, 6.45) is -4.19. The molecule has 2 aromatic heterocycles. The molecule has 2 heterocycles. The molecular weight excluding hydrogens is 335 g/mol. The van der Waals surface area contributed by atoms with Gasteiger partial charge in [-0.15, -0.1) is 21.5 Å². The molecule has 10 heteroatoms. The Morgan fingerprint density at radius 2 is 1.96 bits per heavy atom. The van der Waals surface area contributed by atoms with E-state index in [0.29, 0.717) is 22.7 Å². The fraction of sp³-hybridized carbons (Fsp3) is 0.385. The Hall–Kier alpha value is -2.23. The molecule has 0 aromatic carbocycles. The highest BCUT2D eigenvalue weighted by Gasteiger charge is 2.32. The second-order valence-electron chi connectivity index (χ2n) is 4.66. The number of aryl methyl sites for hydroxylation is 2. The van der Waals surface area contributed by atoms with E-state index in [4.69, 9.17) is 0 Å². The summed E-state index contributed by atoms with van der Waals surface area (Å²) in [6, 6.07) is 2.25. The number of rotatable bonds is 5. The third-order valence-corrected chi connectivity index (χ3v) is 4.28. The van der Waals surface area contributed by atoms with Crippen LogP contribution in [0, 0.1) is 24.0 Å². The van der Waals surface area contributed by atoms with Crippen LogP contribution in [0.4, 0.5) is 13.2 Å². The van der Waals surface area contributed by atoms with Crippen LogP contribution in [0.2, 0.25) is 0 Å². The maximum Gasteiger partial charge on any atom is 0.433 e. The zero-order valence-corrected chi connectivity index (χ0v) is 13.0. The number of aromatic nitrogens is 2. The maximum atomic E-state index is 12.6. The van der Waals surface area contributed by atoms with Gasteiger partial charge in [0.15, 0.2) is 0 Å². The summed E-state index contributed by atoms with van der Waals surface area (Å²) in [5.41, 5.74) is 0.442. The Morgan fingerprint density at radius 1 is 1.26 bits per heavy atom. The third kappa shape index (κ3) is 4.15. The fourth-order valence-electron chi connectivity index (χ4n) is 1.93. The van der Waals surface area contributed by atoms with Crippen molar-refractivity contribution < 1.29 is 23.1 Å². The number of pyridine rings is 1. The lowest BCUT2D eigenvalue weighted by atomic mass is 10.2. The predicted octanol–water partition coefficient (Wildman–Crippen LogP) is 3.59. The molecule has 0 saturated heterocycles. The van der Waals surface area contributed by atoms with Gasteiger partial charge in [-0.2, -0.15) is 13.2 Å². The minimum Gasteiger partial charge on any atom is -0.314 e. The van der Waals surface area contributed by atoms with Gasteiger partial charge in [0.1, 0.15) is 17.3 Å². The van der Waals surface area contributed by atoms with Crippen molar-refractivity contribution >= 4 is 11.3 Å². The largest absolute Gasteiger partial charge is 0.433 e. The highest BCUT2D eigenvalue weighted by molar-refractivity contribution is 7.15. The number of hydrogen-bond donors (Lipinski definition) is 0. The number of thiazole rings is 1. The van der Waals surface area contributed by atoms with Crippen LogP contribution < -0.4 is 0 Å². The van der Waals surface area contributed by atoms with E-state index in [9.17, 15) is 23.3 Å². The monoisotopic (exact) mass is 347 g/mol. The first kappa shape index (κ1) is 17.1. The molecule has 0 aliphatic heterocycles. The van der Waals surface area contributed by atoms with Crippen molar-refractivity contribution in [2.24, 2.45) is 0 Å². The first-order valence-electron chi connectivity index (χ1n) is 6.47. The highest BCUT2D eigenvalue weighted by atomic mass is 32.1. The van der Waals surface area contributed by atoms with E-state index in [0.717, 1.165) is 10.9 Å². The number of alkyl halides is 3. The van der Waals surface area contributed by atoms with Crippen LogP contribution in [-0.2, 0) is 17.4 Å². The van der Waals surface area contributed by atoms with Gasteiger partial charge in [0.05, 0.1) is 5.69 Å². The van der Waals surface area contributed by atoms with E-state index in [-0.39, 0.29) is 12.3 Å². The third-order valence-electron chi connectivity index (χ3n) is 3.03. The summed E-state index contributed by atoms with van der Waals surface area (Å²) in [5.74, 6) is 0.